The van der Waals surface area contributed by atoms with Crippen molar-refractivity contribution in [3.8, 4) is 11.3 Å². The second kappa shape index (κ2) is 3.83. The minimum atomic E-state index is -1.04. The molecular weight excluding hydrogens is 241 g/mol. The monoisotopic (exact) mass is 246 g/mol. The first-order valence-electron chi connectivity index (χ1n) is 4.36. The fourth-order valence-electron chi connectivity index (χ4n) is 1.40. The molecule has 16 heavy (non-hydrogen) atoms. The van der Waals surface area contributed by atoms with Crippen LogP contribution in [0.15, 0.2) is 12.1 Å². The average Bonchev–Trinajstić information content (AvgIpc) is 2.43. The van der Waals surface area contributed by atoms with Gasteiger partial charge in [-0.1, -0.05) is 11.6 Å². The number of nitrogens with one attached hydrogen (secondary N) is 1. The second-order valence-corrected chi connectivity index (χ2v) is 3.61. The molecule has 1 heterocycles. The van der Waals surface area contributed by atoms with Gasteiger partial charge in [-0.05, 0) is 6.92 Å². The number of aromatic nitrogens is 2. The molecule has 0 saturated heterocycles. The third-order valence-corrected chi connectivity index (χ3v) is 2.30. The summed E-state index contributed by atoms with van der Waals surface area (Å²) >= 11 is 5.72. The van der Waals surface area contributed by atoms with E-state index < -0.39 is 23.0 Å². The fourth-order valence-corrected chi connectivity index (χ4v) is 1.67. The summed E-state index contributed by atoms with van der Waals surface area (Å²) in [5.74, 6) is -2.64. The summed E-state index contributed by atoms with van der Waals surface area (Å²) in [6.45, 7) is 1.59. The summed E-state index contributed by atoms with van der Waals surface area (Å²) in [5.41, 5.74) is -0.495. The number of nitrogens with zero attached hydrogens (tertiary/aromatic N) is 1. The van der Waals surface area contributed by atoms with Crippen molar-refractivity contribution in [2.45, 2.75) is 6.92 Å². The number of aromatic amines is 1. The maximum absolute atomic E-state index is 13.4. The maximum atomic E-state index is 13.4. The molecule has 2 aromatic rings. The van der Waals surface area contributed by atoms with E-state index in [1.165, 1.54) is 0 Å². The maximum Gasteiger partial charge on any atom is 0.138 e. The van der Waals surface area contributed by atoms with Gasteiger partial charge < -0.3 is 4.98 Å². The van der Waals surface area contributed by atoms with Crippen molar-refractivity contribution in [3.63, 3.8) is 0 Å². The van der Waals surface area contributed by atoms with Crippen LogP contribution in [0.1, 0.15) is 5.82 Å². The molecule has 0 saturated carbocycles. The van der Waals surface area contributed by atoms with E-state index in [0.717, 1.165) is 0 Å². The molecule has 1 aromatic heterocycles. The highest BCUT2D eigenvalue weighted by Crippen LogP contribution is 2.30. The Balaban J connectivity index is 2.69. The van der Waals surface area contributed by atoms with Gasteiger partial charge in [0.2, 0.25) is 0 Å². The van der Waals surface area contributed by atoms with E-state index in [-0.39, 0.29) is 10.8 Å². The predicted octanol–water partition coefficient (Wildman–Crippen LogP) is 3.46. The molecule has 0 unspecified atom stereocenters. The molecule has 0 aliphatic heterocycles. The average molecular weight is 247 g/mol. The second-order valence-electron chi connectivity index (χ2n) is 3.23. The van der Waals surface area contributed by atoms with Crippen LogP contribution < -0.4 is 0 Å². The number of H-pyrrole nitrogens is 1. The molecule has 0 amide bonds. The molecule has 0 spiro atoms. The van der Waals surface area contributed by atoms with Crippen molar-refractivity contribution in [2.75, 3.05) is 0 Å². The topological polar surface area (TPSA) is 28.7 Å². The minimum Gasteiger partial charge on any atom is -0.333 e. The highest BCUT2D eigenvalue weighted by atomic mass is 35.5. The van der Waals surface area contributed by atoms with Crippen LogP contribution in [0.5, 0.6) is 0 Å². The predicted molar refractivity (Wildman–Crippen MR) is 53.6 cm³/mol. The Kier molecular flexibility index (Phi) is 2.63. The lowest BCUT2D eigenvalue weighted by molar-refractivity contribution is 0.547. The van der Waals surface area contributed by atoms with Gasteiger partial charge >= 0.3 is 0 Å². The molecule has 0 atom stereocenters. The summed E-state index contributed by atoms with van der Waals surface area (Å²) in [5, 5.41) is 0.0157. The Morgan fingerprint density at radius 1 is 1.19 bits per heavy atom. The molecule has 0 fully saturated rings. The Hall–Kier alpha value is -1.49. The van der Waals surface area contributed by atoms with Gasteiger partial charge in [0.15, 0.2) is 0 Å². The van der Waals surface area contributed by atoms with Gasteiger partial charge in [-0.2, -0.15) is 0 Å². The molecule has 6 heteroatoms. The number of imidazole rings is 1. The standard InChI is InChI=1S/C10H6ClF3N2/c1-4-15-9(10(11)16-4)8-6(13)2-5(12)3-7(8)14/h2-3H,1H3,(H,15,16). The molecule has 2 rings (SSSR count). The Morgan fingerprint density at radius 3 is 2.19 bits per heavy atom. The van der Waals surface area contributed by atoms with E-state index in [1.807, 2.05) is 0 Å². The van der Waals surface area contributed by atoms with Gasteiger partial charge in [-0.25, -0.2) is 18.2 Å². The zero-order valence-electron chi connectivity index (χ0n) is 8.11. The van der Waals surface area contributed by atoms with Crippen LogP contribution in [0.2, 0.25) is 5.15 Å². The van der Waals surface area contributed by atoms with E-state index in [2.05, 4.69) is 9.97 Å². The number of hydrogen-bond acceptors (Lipinski definition) is 1. The first-order chi connectivity index (χ1) is 7.49. The molecular formula is C10H6ClF3N2. The largest absolute Gasteiger partial charge is 0.333 e. The van der Waals surface area contributed by atoms with E-state index in [0.29, 0.717) is 18.0 Å². The lowest BCUT2D eigenvalue weighted by Crippen LogP contribution is -1.93. The number of benzene rings is 1. The van der Waals surface area contributed by atoms with Crippen molar-refractivity contribution in [2.24, 2.45) is 0 Å². The Labute approximate surface area is 94.1 Å². The van der Waals surface area contributed by atoms with Crippen LogP contribution >= 0.6 is 11.6 Å². The van der Waals surface area contributed by atoms with Gasteiger partial charge in [0.1, 0.15) is 34.1 Å². The molecule has 1 N–H and O–H groups in total. The zero-order valence-corrected chi connectivity index (χ0v) is 8.87. The zero-order chi connectivity index (χ0) is 11.9. The molecule has 0 aliphatic rings. The van der Waals surface area contributed by atoms with Crippen LogP contribution in [-0.4, -0.2) is 9.97 Å². The number of rotatable bonds is 1. The summed E-state index contributed by atoms with van der Waals surface area (Å²) in [6, 6.07) is 1.16. The SMILES string of the molecule is Cc1nc(-c2c(F)cc(F)cc2F)c(Cl)[nH]1. The van der Waals surface area contributed by atoms with Crippen molar-refractivity contribution in [1.82, 2.24) is 9.97 Å². The van der Waals surface area contributed by atoms with Gasteiger partial charge in [0, 0.05) is 12.1 Å². The van der Waals surface area contributed by atoms with Crippen LogP contribution in [0.4, 0.5) is 13.2 Å². The lowest BCUT2D eigenvalue weighted by atomic mass is 10.1. The van der Waals surface area contributed by atoms with Crippen molar-refractivity contribution in [1.29, 1.82) is 0 Å². The third kappa shape index (κ3) is 1.78. The van der Waals surface area contributed by atoms with Crippen LogP contribution in [0, 0.1) is 24.4 Å². The molecule has 0 radical (unpaired) electrons. The number of hydrogen-bond donors (Lipinski definition) is 1. The summed E-state index contributed by atoms with van der Waals surface area (Å²) in [7, 11) is 0. The first kappa shape index (κ1) is 11.0. The highest BCUT2D eigenvalue weighted by molar-refractivity contribution is 6.31. The molecule has 0 bridgehead atoms. The van der Waals surface area contributed by atoms with E-state index in [9.17, 15) is 13.2 Å². The quantitative estimate of drug-likeness (QED) is 0.820. The van der Waals surface area contributed by atoms with Crippen molar-refractivity contribution >= 4 is 11.6 Å². The van der Waals surface area contributed by atoms with E-state index in [4.69, 9.17) is 11.6 Å². The number of halogens is 4. The van der Waals surface area contributed by atoms with Crippen LogP contribution in [-0.2, 0) is 0 Å². The first-order valence-corrected chi connectivity index (χ1v) is 4.74. The molecule has 0 aliphatic carbocycles. The molecule has 2 nitrogen and oxygen atoms in total. The highest BCUT2D eigenvalue weighted by Gasteiger charge is 2.19. The van der Waals surface area contributed by atoms with E-state index >= 15 is 0 Å². The molecule has 84 valence electrons. The van der Waals surface area contributed by atoms with Crippen molar-refractivity contribution in [3.05, 3.63) is 40.6 Å². The third-order valence-electron chi connectivity index (χ3n) is 2.02. The smallest absolute Gasteiger partial charge is 0.138 e. The lowest BCUT2D eigenvalue weighted by Gasteiger charge is -2.02. The van der Waals surface area contributed by atoms with Crippen LogP contribution in [0.3, 0.4) is 0 Å². The molecule has 1 aromatic carbocycles. The normalized spacial score (nSPS) is 10.8. The van der Waals surface area contributed by atoms with Crippen LogP contribution in [0.25, 0.3) is 11.3 Å². The van der Waals surface area contributed by atoms with Gasteiger partial charge in [0.05, 0.1) is 5.56 Å². The van der Waals surface area contributed by atoms with Crippen molar-refractivity contribution < 1.29 is 13.2 Å². The Morgan fingerprint density at radius 2 is 1.75 bits per heavy atom. The summed E-state index contributed by atoms with van der Waals surface area (Å²) in [6.07, 6.45) is 0. The number of aryl methyl sites for hydroxylation is 1. The van der Waals surface area contributed by atoms with E-state index in [1.54, 1.807) is 6.92 Å². The summed E-state index contributed by atoms with van der Waals surface area (Å²) in [4.78, 5) is 6.44. The minimum absolute atomic E-state index is 0.0157. The summed E-state index contributed by atoms with van der Waals surface area (Å²) < 4.78 is 39.5. The Bertz CT molecular complexity index is 528. The van der Waals surface area contributed by atoms with Gasteiger partial charge in [-0.15, -0.1) is 0 Å². The van der Waals surface area contributed by atoms with Gasteiger partial charge in [0.25, 0.3) is 0 Å². The fraction of sp³-hybridized carbons (Fsp3) is 0.100. The van der Waals surface area contributed by atoms with Gasteiger partial charge in [-0.3, -0.25) is 0 Å².